The van der Waals surface area contributed by atoms with Gasteiger partial charge in [-0.25, -0.2) is 4.98 Å². The van der Waals surface area contributed by atoms with Gasteiger partial charge in [0.25, 0.3) is 5.56 Å². The third kappa shape index (κ3) is 3.93. The van der Waals surface area contributed by atoms with Crippen molar-refractivity contribution in [2.24, 2.45) is 0 Å². The van der Waals surface area contributed by atoms with Crippen molar-refractivity contribution in [2.45, 2.75) is 52.1 Å². The highest BCUT2D eigenvalue weighted by atomic mass is 32.2. The number of likely N-dealkylation sites (tertiary alicyclic amines) is 1. The third-order valence-corrected chi connectivity index (χ3v) is 7.82. The Morgan fingerprint density at radius 1 is 1.13 bits per heavy atom. The maximum atomic E-state index is 13.6. The second-order valence-electron chi connectivity index (χ2n) is 8.02. The fourth-order valence-electron chi connectivity index (χ4n) is 4.00. The number of hydrogen-bond acceptors (Lipinski definition) is 5. The molecule has 1 amide bonds. The predicted molar refractivity (Wildman–Crippen MR) is 125 cm³/mol. The van der Waals surface area contributed by atoms with E-state index in [-0.39, 0.29) is 11.5 Å². The lowest BCUT2D eigenvalue weighted by atomic mass is 10.1. The molecule has 0 N–H and O–H groups in total. The summed E-state index contributed by atoms with van der Waals surface area (Å²) in [5.41, 5.74) is 3.94. The van der Waals surface area contributed by atoms with Crippen LogP contribution in [0.25, 0.3) is 15.9 Å². The number of piperidine rings is 1. The van der Waals surface area contributed by atoms with E-state index in [1.807, 2.05) is 44.7 Å². The van der Waals surface area contributed by atoms with Gasteiger partial charge in [-0.3, -0.25) is 14.2 Å². The van der Waals surface area contributed by atoms with Crippen molar-refractivity contribution in [2.75, 3.05) is 18.8 Å². The zero-order chi connectivity index (χ0) is 21.4. The maximum absolute atomic E-state index is 13.6. The molecular weight excluding hydrogens is 414 g/mol. The molecule has 1 fully saturated rings. The Kier molecular flexibility index (Phi) is 6.02. The van der Waals surface area contributed by atoms with Crippen LogP contribution >= 0.6 is 23.1 Å². The Balaban J connectivity index is 1.79. The van der Waals surface area contributed by atoms with Crippen LogP contribution in [0.2, 0.25) is 0 Å². The summed E-state index contributed by atoms with van der Waals surface area (Å²) in [7, 11) is 0. The summed E-state index contributed by atoms with van der Waals surface area (Å²) in [6, 6.07) is 6.06. The molecule has 0 atom stereocenters. The van der Waals surface area contributed by atoms with Gasteiger partial charge in [-0.1, -0.05) is 29.5 Å². The van der Waals surface area contributed by atoms with Crippen LogP contribution < -0.4 is 5.56 Å². The quantitative estimate of drug-likeness (QED) is 0.432. The first-order chi connectivity index (χ1) is 14.4. The summed E-state index contributed by atoms with van der Waals surface area (Å²) >= 11 is 2.91. The van der Waals surface area contributed by atoms with E-state index in [4.69, 9.17) is 4.98 Å². The highest BCUT2D eigenvalue weighted by Crippen LogP contribution is 2.30. The first-order valence-corrected chi connectivity index (χ1v) is 12.2. The van der Waals surface area contributed by atoms with E-state index in [0.717, 1.165) is 58.0 Å². The van der Waals surface area contributed by atoms with Crippen molar-refractivity contribution in [3.05, 3.63) is 50.1 Å². The molecule has 0 aliphatic carbocycles. The van der Waals surface area contributed by atoms with E-state index in [1.165, 1.54) is 18.2 Å². The molecule has 3 aromatic rings. The fraction of sp³-hybridized carbons (Fsp3) is 0.435. The summed E-state index contributed by atoms with van der Waals surface area (Å²) in [6.07, 6.45) is 3.34. The van der Waals surface area contributed by atoms with Gasteiger partial charge >= 0.3 is 0 Å². The number of aromatic nitrogens is 2. The maximum Gasteiger partial charge on any atom is 0.267 e. The van der Waals surface area contributed by atoms with Crippen LogP contribution in [0.15, 0.2) is 28.2 Å². The van der Waals surface area contributed by atoms with E-state index in [2.05, 4.69) is 6.07 Å². The van der Waals surface area contributed by atoms with Gasteiger partial charge in [0, 0.05) is 18.0 Å². The lowest BCUT2D eigenvalue weighted by molar-refractivity contribution is -0.129. The lowest BCUT2D eigenvalue weighted by Gasteiger charge is -2.26. The highest BCUT2D eigenvalue weighted by molar-refractivity contribution is 7.99. The van der Waals surface area contributed by atoms with Gasteiger partial charge in [-0.2, -0.15) is 0 Å². The Morgan fingerprint density at radius 3 is 2.57 bits per heavy atom. The second-order valence-corrected chi connectivity index (χ2v) is 10.2. The Bertz CT molecular complexity index is 1170. The number of thioether (sulfide) groups is 1. The first-order valence-electron chi connectivity index (χ1n) is 10.4. The molecule has 0 saturated carbocycles. The molecule has 1 aliphatic heterocycles. The number of hydrogen-bond donors (Lipinski definition) is 0. The monoisotopic (exact) mass is 441 g/mol. The topological polar surface area (TPSA) is 55.2 Å². The summed E-state index contributed by atoms with van der Waals surface area (Å²) < 4.78 is 1.70. The predicted octanol–water partition coefficient (Wildman–Crippen LogP) is 4.79. The second kappa shape index (κ2) is 8.55. The third-order valence-electron chi connectivity index (χ3n) is 5.80. The van der Waals surface area contributed by atoms with Crippen molar-refractivity contribution in [1.82, 2.24) is 14.5 Å². The van der Waals surface area contributed by atoms with Crippen molar-refractivity contribution in [1.29, 1.82) is 0 Å². The van der Waals surface area contributed by atoms with Gasteiger partial charge < -0.3 is 4.90 Å². The average molecular weight is 442 g/mol. The molecule has 0 bridgehead atoms. The number of thiophene rings is 1. The lowest BCUT2D eigenvalue weighted by Crippen LogP contribution is -2.36. The Labute approximate surface area is 185 Å². The zero-order valence-corrected chi connectivity index (χ0v) is 19.6. The Hall–Kier alpha value is -2.12. The molecule has 1 saturated heterocycles. The normalized spacial score (nSPS) is 14.5. The first kappa shape index (κ1) is 21.1. The number of amides is 1. The molecule has 7 heteroatoms. The van der Waals surface area contributed by atoms with Gasteiger partial charge in [0.05, 0.1) is 16.8 Å². The number of benzene rings is 1. The van der Waals surface area contributed by atoms with E-state index in [9.17, 15) is 9.59 Å². The number of aryl methyl sites for hydroxylation is 4. The summed E-state index contributed by atoms with van der Waals surface area (Å²) in [5.74, 6) is 0.423. The molecular formula is C23H27N3O2S2. The number of fused-ring (bicyclic) bond motifs is 1. The average Bonchev–Trinajstić information content (AvgIpc) is 3.01. The van der Waals surface area contributed by atoms with E-state index in [0.29, 0.717) is 16.3 Å². The van der Waals surface area contributed by atoms with Crippen molar-refractivity contribution in [3.8, 4) is 5.69 Å². The van der Waals surface area contributed by atoms with Crippen LogP contribution in [0, 0.1) is 27.7 Å². The van der Waals surface area contributed by atoms with Crippen molar-refractivity contribution < 1.29 is 4.79 Å². The van der Waals surface area contributed by atoms with Crippen molar-refractivity contribution in [3.63, 3.8) is 0 Å². The SMILES string of the molecule is Cc1ccc(-n2c(SCC(=O)N3CCCCC3)nc3sc(C)c(C)c3c2=O)c(C)c1. The van der Waals surface area contributed by atoms with Crippen LogP contribution in [0.3, 0.4) is 0 Å². The largest absolute Gasteiger partial charge is 0.342 e. The minimum Gasteiger partial charge on any atom is -0.342 e. The highest BCUT2D eigenvalue weighted by Gasteiger charge is 2.21. The van der Waals surface area contributed by atoms with Gasteiger partial charge in [0.2, 0.25) is 5.91 Å². The fourth-order valence-corrected chi connectivity index (χ4v) is 5.98. The molecule has 5 nitrogen and oxygen atoms in total. The summed E-state index contributed by atoms with van der Waals surface area (Å²) in [4.78, 5) is 35.0. The van der Waals surface area contributed by atoms with E-state index in [1.54, 1.807) is 15.9 Å². The molecule has 1 aliphatic rings. The minimum atomic E-state index is -0.0540. The number of carbonyl (C=O) groups is 1. The zero-order valence-electron chi connectivity index (χ0n) is 17.9. The molecule has 158 valence electrons. The molecule has 3 heterocycles. The molecule has 2 aromatic heterocycles. The molecule has 0 unspecified atom stereocenters. The molecule has 30 heavy (non-hydrogen) atoms. The van der Waals surface area contributed by atoms with Crippen LogP contribution in [0.1, 0.15) is 40.8 Å². The number of nitrogens with zero attached hydrogens (tertiary/aromatic N) is 3. The molecule has 0 radical (unpaired) electrons. The van der Waals surface area contributed by atoms with Crippen molar-refractivity contribution >= 4 is 39.2 Å². The molecule has 1 aromatic carbocycles. The van der Waals surface area contributed by atoms with E-state index < -0.39 is 0 Å². The van der Waals surface area contributed by atoms with Gasteiger partial charge in [-0.05, 0) is 64.2 Å². The van der Waals surface area contributed by atoms with Crippen LogP contribution in [-0.4, -0.2) is 39.2 Å². The Morgan fingerprint density at radius 2 is 1.87 bits per heavy atom. The van der Waals surface area contributed by atoms with Gasteiger partial charge in [0.1, 0.15) is 4.83 Å². The smallest absolute Gasteiger partial charge is 0.267 e. The number of rotatable bonds is 4. The van der Waals surface area contributed by atoms with Crippen LogP contribution in [-0.2, 0) is 4.79 Å². The summed E-state index contributed by atoms with van der Waals surface area (Å²) in [5, 5.41) is 1.27. The van der Waals surface area contributed by atoms with E-state index >= 15 is 0 Å². The van der Waals surface area contributed by atoms with Gasteiger partial charge in [0.15, 0.2) is 5.16 Å². The molecule has 4 rings (SSSR count). The number of carbonyl (C=O) groups excluding carboxylic acids is 1. The molecule has 0 spiro atoms. The minimum absolute atomic E-state index is 0.0540. The standard InChI is InChI=1S/C23H27N3O2S2/c1-14-8-9-18(15(2)12-14)26-22(28)20-16(3)17(4)30-21(20)24-23(26)29-13-19(27)25-10-6-5-7-11-25/h8-9,12H,5-7,10-11,13H2,1-4H3. The van der Waals surface area contributed by atoms with Gasteiger partial charge in [-0.15, -0.1) is 11.3 Å². The summed E-state index contributed by atoms with van der Waals surface area (Å²) in [6.45, 7) is 9.72. The van der Waals surface area contributed by atoms with Crippen LogP contribution in [0.4, 0.5) is 0 Å². The van der Waals surface area contributed by atoms with Crippen LogP contribution in [0.5, 0.6) is 0 Å².